The van der Waals surface area contributed by atoms with Crippen LogP contribution in [0.25, 0.3) is 0 Å². The Kier molecular flexibility index (Phi) is 6.27. The molecular weight excluding hydrogens is 340 g/mol. The highest BCUT2D eigenvalue weighted by atomic mass is 32.2. The van der Waals surface area contributed by atoms with E-state index in [2.05, 4.69) is 10.0 Å². The van der Waals surface area contributed by atoms with E-state index in [1.54, 1.807) is 31.4 Å². The van der Waals surface area contributed by atoms with Crippen molar-refractivity contribution < 1.29 is 17.9 Å². The van der Waals surface area contributed by atoms with Gasteiger partial charge in [0.1, 0.15) is 10.6 Å². The number of hydrogen-bond donors (Lipinski definition) is 2. The molecule has 2 N–H and O–H groups in total. The highest BCUT2D eigenvalue weighted by molar-refractivity contribution is 7.92. The maximum Gasteiger partial charge on any atom is 0.265 e. The Bertz CT molecular complexity index is 818. The highest BCUT2D eigenvalue weighted by Gasteiger charge is 2.20. The third-order valence-corrected chi connectivity index (χ3v) is 5.24. The minimum absolute atomic E-state index is 0.125. The van der Waals surface area contributed by atoms with Gasteiger partial charge in [-0.1, -0.05) is 0 Å². The van der Waals surface area contributed by atoms with Crippen LogP contribution in [-0.4, -0.2) is 35.8 Å². The zero-order chi connectivity index (χ0) is 18.4. The van der Waals surface area contributed by atoms with Crippen LogP contribution in [0.15, 0.2) is 41.3 Å². The summed E-state index contributed by atoms with van der Waals surface area (Å²) in [6.07, 6.45) is 0. The molecule has 0 heterocycles. The lowest BCUT2D eigenvalue weighted by atomic mass is 10.1. The van der Waals surface area contributed by atoms with Crippen molar-refractivity contribution in [3.8, 4) is 5.75 Å². The first kappa shape index (κ1) is 19.1. The van der Waals surface area contributed by atoms with E-state index >= 15 is 0 Å². The second-order valence-electron chi connectivity index (χ2n) is 5.69. The molecule has 0 bridgehead atoms. The molecule has 0 aliphatic carbocycles. The van der Waals surface area contributed by atoms with Gasteiger partial charge in [-0.3, -0.25) is 4.72 Å². The number of methoxy groups -OCH3 is 2. The SMILES string of the molecule is COCCNc1ccc(NS(=O)(=O)c2cc(C)c(C)cc2OC)cc1. The van der Waals surface area contributed by atoms with E-state index < -0.39 is 10.0 Å². The van der Waals surface area contributed by atoms with Gasteiger partial charge in [-0.15, -0.1) is 0 Å². The van der Waals surface area contributed by atoms with Gasteiger partial charge in [0, 0.05) is 25.0 Å². The van der Waals surface area contributed by atoms with Gasteiger partial charge < -0.3 is 14.8 Å². The zero-order valence-corrected chi connectivity index (χ0v) is 15.7. The van der Waals surface area contributed by atoms with Crippen LogP contribution in [0.3, 0.4) is 0 Å². The van der Waals surface area contributed by atoms with E-state index in [0.717, 1.165) is 16.8 Å². The van der Waals surface area contributed by atoms with Crippen molar-refractivity contribution in [3.63, 3.8) is 0 Å². The van der Waals surface area contributed by atoms with E-state index in [0.29, 0.717) is 24.6 Å². The third-order valence-electron chi connectivity index (χ3n) is 3.84. The summed E-state index contributed by atoms with van der Waals surface area (Å²) in [5.41, 5.74) is 3.24. The van der Waals surface area contributed by atoms with E-state index in [4.69, 9.17) is 9.47 Å². The average Bonchev–Trinajstić information content (AvgIpc) is 2.58. The van der Waals surface area contributed by atoms with Crippen LogP contribution in [0.4, 0.5) is 11.4 Å². The number of rotatable bonds is 8. The summed E-state index contributed by atoms with van der Waals surface area (Å²) in [5.74, 6) is 0.327. The van der Waals surface area contributed by atoms with E-state index in [1.165, 1.54) is 7.11 Å². The molecule has 0 spiro atoms. The molecule has 0 aromatic heterocycles. The Hall–Kier alpha value is -2.25. The van der Waals surface area contributed by atoms with Gasteiger partial charge in [0.15, 0.2) is 0 Å². The maximum atomic E-state index is 12.7. The minimum Gasteiger partial charge on any atom is -0.495 e. The van der Waals surface area contributed by atoms with Crippen molar-refractivity contribution in [1.82, 2.24) is 0 Å². The van der Waals surface area contributed by atoms with Gasteiger partial charge in [0.25, 0.3) is 10.0 Å². The van der Waals surface area contributed by atoms with E-state index in [1.807, 2.05) is 26.0 Å². The quantitative estimate of drug-likeness (QED) is 0.704. The third kappa shape index (κ3) is 4.87. The lowest BCUT2D eigenvalue weighted by Gasteiger charge is -2.14. The van der Waals surface area contributed by atoms with Gasteiger partial charge in [-0.05, 0) is 61.4 Å². The minimum atomic E-state index is -3.74. The molecule has 0 saturated heterocycles. The first-order chi connectivity index (χ1) is 11.9. The molecule has 0 atom stereocenters. The molecule has 2 aromatic rings. The van der Waals surface area contributed by atoms with Crippen LogP contribution in [0.5, 0.6) is 5.75 Å². The van der Waals surface area contributed by atoms with Gasteiger partial charge >= 0.3 is 0 Å². The second kappa shape index (κ2) is 8.22. The standard InChI is InChI=1S/C18H24N2O4S/c1-13-11-17(24-4)18(12-14(13)2)25(21,22)20-16-7-5-15(6-8-16)19-9-10-23-3/h5-8,11-12,19-20H,9-10H2,1-4H3. The molecule has 2 rings (SSSR count). The van der Waals surface area contributed by atoms with E-state index in [9.17, 15) is 8.42 Å². The van der Waals surface area contributed by atoms with Crippen molar-refractivity contribution in [2.24, 2.45) is 0 Å². The Balaban J connectivity index is 2.20. The Morgan fingerprint density at radius 2 is 1.56 bits per heavy atom. The van der Waals surface area contributed by atoms with Crippen molar-refractivity contribution in [1.29, 1.82) is 0 Å². The van der Waals surface area contributed by atoms with Gasteiger partial charge in [-0.25, -0.2) is 8.42 Å². The number of ether oxygens (including phenoxy) is 2. The monoisotopic (exact) mass is 364 g/mol. The molecule has 25 heavy (non-hydrogen) atoms. The Morgan fingerprint density at radius 1 is 0.960 bits per heavy atom. The van der Waals surface area contributed by atoms with Crippen molar-refractivity contribution in [3.05, 3.63) is 47.5 Å². The Labute approximate surface area is 149 Å². The predicted octanol–water partition coefficient (Wildman–Crippen LogP) is 3.17. The number of anilines is 2. The molecular formula is C18H24N2O4S. The van der Waals surface area contributed by atoms with Crippen molar-refractivity contribution in [2.75, 3.05) is 37.4 Å². The first-order valence-corrected chi connectivity index (χ1v) is 9.36. The smallest absolute Gasteiger partial charge is 0.265 e. The summed E-state index contributed by atoms with van der Waals surface area (Å²) in [6.45, 7) is 5.06. The molecule has 2 aromatic carbocycles. The number of nitrogens with one attached hydrogen (secondary N) is 2. The van der Waals surface area contributed by atoms with Crippen LogP contribution in [0.2, 0.25) is 0 Å². The van der Waals surface area contributed by atoms with Crippen LogP contribution in [-0.2, 0) is 14.8 Å². The normalized spacial score (nSPS) is 11.2. The molecule has 136 valence electrons. The summed E-state index contributed by atoms with van der Waals surface area (Å²) < 4.78 is 38.2. The second-order valence-corrected chi connectivity index (χ2v) is 7.34. The van der Waals surface area contributed by atoms with Crippen LogP contribution < -0.4 is 14.8 Å². The lowest BCUT2D eigenvalue weighted by molar-refractivity contribution is 0.211. The van der Waals surface area contributed by atoms with Gasteiger partial charge in [-0.2, -0.15) is 0 Å². The van der Waals surface area contributed by atoms with Crippen LogP contribution in [0.1, 0.15) is 11.1 Å². The van der Waals surface area contributed by atoms with Crippen molar-refractivity contribution >= 4 is 21.4 Å². The summed E-state index contributed by atoms with van der Waals surface area (Å²) in [4.78, 5) is 0.125. The van der Waals surface area contributed by atoms with Gasteiger partial charge in [0.05, 0.1) is 13.7 Å². The molecule has 0 saturated carbocycles. The van der Waals surface area contributed by atoms with Crippen molar-refractivity contribution in [2.45, 2.75) is 18.7 Å². The molecule has 0 unspecified atom stereocenters. The number of aryl methyl sites for hydroxylation is 2. The number of benzene rings is 2. The number of hydrogen-bond acceptors (Lipinski definition) is 5. The number of sulfonamides is 1. The highest BCUT2D eigenvalue weighted by Crippen LogP contribution is 2.29. The van der Waals surface area contributed by atoms with Gasteiger partial charge in [0.2, 0.25) is 0 Å². The summed E-state index contributed by atoms with van der Waals surface area (Å²) >= 11 is 0. The fraction of sp³-hybridized carbons (Fsp3) is 0.333. The lowest BCUT2D eigenvalue weighted by Crippen LogP contribution is -2.14. The van der Waals surface area contributed by atoms with E-state index in [-0.39, 0.29) is 4.90 Å². The molecule has 6 nitrogen and oxygen atoms in total. The van der Waals surface area contributed by atoms with Crippen LogP contribution in [0, 0.1) is 13.8 Å². The Morgan fingerprint density at radius 3 is 2.16 bits per heavy atom. The molecule has 0 aliphatic rings. The zero-order valence-electron chi connectivity index (χ0n) is 14.9. The fourth-order valence-electron chi connectivity index (χ4n) is 2.30. The van der Waals surface area contributed by atoms with Crippen LogP contribution >= 0.6 is 0 Å². The maximum absolute atomic E-state index is 12.7. The summed E-state index contributed by atoms with van der Waals surface area (Å²) in [5, 5.41) is 3.18. The summed E-state index contributed by atoms with van der Waals surface area (Å²) in [7, 11) is -0.643. The molecule has 0 radical (unpaired) electrons. The summed E-state index contributed by atoms with van der Waals surface area (Å²) in [6, 6.07) is 10.4. The molecule has 0 fully saturated rings. The fourth-order valence-corrected chi connectivity index (χ4v) is 3.59. The molecule has 0 amide bonds. The predicted molar refractivity (Wildman–Crippen MR) is 100 cm³/mol. The topological polar surface area (TPSA) is 76.7 Å². The molecule has 7 heteroatoms. The average molecular weight is 364 g/mol. The molecule has 0 aliphatic heterocycles. The largest absolute Gasteiger partial charge is 0.495 e. The first-order valence-electron chi connectivity index (χ1n) is 7.88.